The Balaban J connectivity index is 0. The summed E-state index contributed by atoms with van der Waals surface area (Å²) in [5.41, 5.74) is 0.729. The fourth-order valence-electron chi connectivity index (χ4n) is 0.532. The summed E-state index contributed by atoms with van der Waals surface area (Å²) in [5.74, 6) is 0. The summed E-state index contributed by atoms with van der Waals surface area (Å²) >= 11 is 0. The van der Waals surface area contributed by atoms with E-state index >= 15 is 0 Å². The minimum Gasteiger partial charge on any atom is -0.298 e. The molecule has 0 aliphatic heterocycles. The van der Waals surface area contributed by atoms with Gasteiger partial charge < -0.3 is 0 Å². The molecule has 0 saturated heterocycles. The van der Waals surface area contributed by atoms with Crippen molar-refractivity contribution in [1.82, 2.24) is 0 Å². The zero-order valence-corrected chi connectivity index (χ0v) is 6.82. The predicted octanol–water partition coefficient (Wildman–Crippen LogP) is 2.34. The standard InChI is InChI=1S/C7H6O.2ClH/c8-6-7-4-2-1-3-5-7;;/h1-6H;2*1H. The second-order valence-corrected chi connectivity index (χ2v) is 1.53. The van der Waals surface area contributed by atoms with E-state index < -0.39 is 0 Å². The molecule has 0 unspecified atom stereocenters. The van der Waals surface area contributed by atoms with E-state index in [1.165, 1.54) is 0 Å². The molecule has 0 N–H and O–H groups in total. The number of hydrogen-bond acceptors (Lipinski definition) is 1. The van der Waals surface area contributed by atoms with Crippen LogP contribution in [0.1, 0.15) is 10.4 Å². The molecule has 0 fully saturated rings. The van der Waals surface area contributed by atoms with Gasteiger partial charge in [0.1, 0.15) is 6.29 Å². The largest absolute Gasteiger partial charge is 0.298 e. The number of carbonyl (C=O) groups excluding carboxylic acids is 1. The molecule has 0 aliphatic carbocycles. The Hall–Kier alpha value is -0.530. The Morgan fingerprint density at radius 2 is 1.50 bits per heavy atom. The molecule has 0 amide bonds. The number of aldehydes is 1. The topological polar surface area (TPSA) is 17.1 Å². The number of rotatable bonds is 1. The van der Waals surface area contributed by atoms with Crippen LogP contribution < -0.4 is 0 Å². The van der Waals surface area contributed by atoms with Crippen molar-refractivity contribution in [2.45, 2.75) is 0 Å². The molecule has 0 aliphatic rings. The summed E-state index contributed by atoms with van der Waals surface area (Å²) in [6.07, 6.45) is 0.833. The monoisotopic (exact) mass is 178 g/mol. The lowest BCUT2D eigenvalue weighted by atomic mass is 10.2. The van der Waals surface area contributed by atoms with Crippen LogP contribution in [-0.4, -0.2) is 6.29 Å². The zero-order chi connectivity index (χ0) is 5.82. The van der Waals surface area contributed by atoms with Crippen LogP contribution in [0.15, 0.2) is 30.3 Å². The van der Waals surface area contributed by atoms with Crippen LogP contribution in [0.25, 0.3) is 0 Å². The molecule has 10 heavy (non-hydrogen) atoms. The van der Waals surface area contributed by atoms with E-state index in [0.717, 1.165) is 11.8 Å². The van der Waals surface area contributed by atoms with E-state index in [0.29, 0.717) is 0 Å². The van der Waals surface area contributed by atoms with E-state index in [4.69, 9.17) is 0 Å². The highest BCUT2D eigenvalue weighted by Crippen LogP contribution is 1.91. The molecular formula is C7H8Cl2O. The van der Waals surface area contributed by atoms with Gasteiger partial charge in [0.15, 0.2) is 0 Å². The maximum atomic E-state index is 10.0. The van der Waals surface area contributed by atoms with Crippen LogP contribution in [0, 0.1) is 0 Å². The summed E-state index contributed by atoms with van der Waals surface area (Å²) in [6, 6.07) is 9.10. The maximum Gasteiger partial charge on any atom is 0.150 e. The van der Waals surface area contributed by atoms with E-state index in [2.05, 4.69) is 0 Å². The van der Waals surface area contributed by atoms with Crippen molar-refractivity contribution in [2.75, 3.05) is 0 Å². The molecule has 0 bridgehead atoms. The second kappa shape index (κ2) is 6.59. The summed E-state index contributed by atoms with van der Waals surface area (Å²) in [5, 5.41) is 0. The van der Waals surface area contributed by atoms with Gasteiger partial charge >= 0.3 is 0 Å². The summed E-state index contributed by atoms with van der Waals surface area (Å²) in [6.45, 7) is 0. The third-order valence-corrected chi connectivity index (χ3v) is 0.936. The molecule has 0 spiro atoms. The molecule has 56 valence electrons. The minimum absolute atomic E-state index is 0. The van der Waals surface area contributed by atoms with Gasteiger partial charge in [-0.05, 0) is 0 Å². The first kappa shape index (κ1) is 12.2. The number of halogens is 2. The van der Waals surface area contributed by atoms with Gasteiger partial charge in [-0.1, -0.05) is 30.3 Å². The quantitative estimate of drug-likeness (QED) is 0.604. The molecule has 1 aromatic rings. The summed E-state index contributed by atoms with van der Waals surface area (Å²) in [4.78, 5) is 10.0. The fourth-order valence-corrected chi connectivity index (χ4v) is 0.532. The second-order valence-electron chi connectivity index (χ2n) is 1.53. The van der Waals surface area contributed by atoms with E-state index in [-0.39, 0.29) is 24.8 Å². The normalized spacial score (nSPS) is 6.80. The van der Waals surface area contributed by atoms with Gasteiger partial charge in [0, 0.05) is 5.56 Å². The Labute approximate surface area is 72.3 Å². The molecule has 3 heteroatoms. The lowest BCUT2D eigenvalue weighted by Gasteiger charge is -1.81. The molecule has 0 heterocycles. The molecule has 0 radical (unpaired) electrons. The van der Waals surface area contributed by atoms with Crippen molar-refractivity contribution in [3.05, 3.63) is 35.9 Å². The molecule has 0 aromatic heterocycles. The SMILES string of the molecule is Cl.Cl.O=Cc1ccccc1. The summed E-state index contributed by atoms with van der Waals surface area (Å²) < 4.78 is 0. The maximum absolute atomic E-state index is 10.0. The minimum atomic E-state index is 0. The first-order valence-electron chi connectivity index (χ1n) is 2.44. The average molecular weight is 179 g/mol. The highest BCUT2D eigenvalue weighted by Gasteiger charge is 1.79. The summed E-state index contributed by atoms with van der Waals surface area (Å²) in [7, 11) is 0. The average Bonchev–Trinajstić information content (AvgIpc) is 1.90. The van der Waals surface area contributed by atoms with Crippen LogP contribution in [0.4, 0.5) is 0 Å². The highest BCUT2D eigenvalue weighted by molar-refractivity contribution is 5.85. The van der Waals surface area contributed by atoms with Crippen LogP contribution in [-0.2, 0) is 0 Å². The van der Waals surface area contributed by atoms with E-state index in [1.54, 1.807) is 12.1 Å². The fraction of sp³-hybridized carbons (Fsp3) is 0. The van der Waals surface area contributed by atoms with Gasteiger partial charge in [-0.3, -0.25) is 4.79 Å². The Kier molecular flexibility index (Phi) is 8.02. The number of benzene rings is 1. The Morgan fingerprint density at radius 3 is 1.80 bits per heavy atom. The third-order valence-electron chi connectivity index (χ3n) is 0.936. The first-order valence-corrected chi connectivity index (χ1v) is 2.44. The highest BCUT2D eigenvalue weighted by atomic mass is 35.5. The van der Waals surface area contributed by atoms with Crippen molar-refractivity contribution in [3.8, 4) is 0 Å². The Morgan fingerprint density at radius 1 is 1.00 bits per heavy atom. The van der Waals surface area contributed by atoms with Crippen LogP contribution >= 0.6 is 24.8 Å². The molecule has 1 nitrogen and oxygen atoms in total. The molecule has 0 atom stereocenters. The van der Waals surface area contributed by atoms with Crippen molar-refractivity contribution in [1.29, 1.82) is 0 Å². The lowest BCUT2D eigenvalue weighted by molar-refractivity contribution is 0.112. The predicted molar refractivity (Wildman–Crippen MR) is 46.3 cm³/mol. The van der Waals surface area contributed by atoms with Gasteiger partial charge in [0.2, 0.25) is 0 Å². The number of carbonyl (C=O) groups is 1. The number of hydrogen-bond donors (Lipinski definition) is 0. The smallest absolute Gasteiger partial charge is 0.150 e. The van der Waals surface area contributed by atoms with Gasteiger partial charge in [-0.25, -0.2) is 0 Å². The van der Waals surface area contributed by atoms with Crippen LogP contribution in [0.3, 0.4) is 0 Å². The van der Waals surface area contributed by atoms with Gasteiger partial charge in [0.05, 0.1) is 0 Å². The van der Waals surface area contributed by atoms with Crippen LogP contribution in [0.5, 0.6) is 0 Å². The molecule has 1 aromatic carbocycles. The van der Waals surface area contributed by atoms with Crippen molar-refractivity contribution < 1.29 is 4.79 Å². The molecular weight excluding hydrogens is 171 g/mol. The Bertz CT molecular complexity index is 174. The van der Waals surface area contributed by atoms with Crippen molar-refractivity contribution >= 4 is 31.1 Å². The molecule has 1 rings (SSSR count). The third kappa shape index (κ3) is 3.49. The van der Waals surface area contributed by atoms with Crippen molar-refractivity contribution in [2.24, 2.45) is 0 Å². The van der Waals surface area contributed by atoms with Crippen LogP contribution in [0.2, 0.25) is 0 Å². The van der Waals surface area contributed by atoms with Gasteiger partial charge in [-0.2, -0.15) is 0 Å². The zero-order valence-electron chi connectivity index (χ0n) is 5.19. The van der Waals surface area contributed by atoms with E-state index in [9.17, 15) is 4.79 Å². The van der Waals surface area contributed by atoms with Gasteiger partial charge in [0.25, 0.3) is 0 Å². The van der Waals surface area contributed by atoms with E-state index in [1.807, 2.05) is 18.2 Å². The lowest BCUT2D eigenvalue weighted by Crippen LogP contribution is -1.73. The first-order chi connectivity index (χ1) is 3.93. The molecule has 0 saturated carbocycles. The van der Waals surface area contributed by atoms with Crippen molar-refractivity contribution in [3.63, 3.8) is 0 Å². The van der Waals surface area contributed by atoms with Gasteiger partial charge in [-0.15, -0.1) is 24.8 Å².